The third kappa shape index (κ3) is 6.78. The smallest absolute Gasteiger partial charge is 0.317 e. The summed E-state index contributed by atoms with van der Waals surface area (Å²) in [7, 11) is -2.45. The zero-order valence-electron chi connectivity index (χ0n) is 24.3. The lowest BCUT2D eigenvalue weighted by atomic mass is 9.96. The predicted molar refractivity (Wildman–Crippen MR) is 152 cm³/mol. The van der Waals surface area contributed by atoms with Crippen LogP contribution in [0.2, 0.25) is 0 Å². The number of aliphatic hydroxyl groups excluding tert-OH is 1. The van der Waals surface area contributed by atoms with E-state index in [-0.39, 0.29) is 71.0 Å². The van der Waals surface area contributed by atoms with Crippen molar-refractivity contribution in [1.82, 2.24) is 20.3 Å². The van der Waals surface area contributed by atoms with Gasteiger partial charge in [-0.25, -0.2) is 13.2 Å². The van der Waals surface area contributed by atoms with E-state index in [0.717, 1.165) is 25.7 Å². The van der Waals surface area contributed by atoms with Gasteiger partial charge in [-0.1, -0.05) is 37.4 Å². The molecule has 3 N–H and O–H groups in total. The molecule has 1 saturated carbocycles. The zero-order chi connectivity index (χ0) is 29.9. The molecule has 1 aliphatic heterocycles. The van der Waals surface area contributed by atoms with Crippen LogP contribution >= 0.6 is 0 Å². The molecule has 3 amide bonds. The maximum atomic E-state index is 13.7. The molecule has 2 heterocycles. The molecule has 0 bridgehead atoms. The topological polar surface area (TPSA) is 154 Å². The van der Waals surface area contributed by atoms with Crippen LogP contribution in [-0.4, -0.2) is 85.4 Å². The minimum Gasteiger partial charge on any atom is -0.485 e. The van der Waals surface area contributed by atoms with Crippen LogP contribution in [0.1, 0.15) is 67.8 Å². The largest absolute Gasteiger partial charge is 0.485 e. The Balaban J connectivity index is 1.68. The van der Waals surface area contributed by atoms with E-state index in [0.29, 0.717) is 0 Å². The minimum absolute atomic E-state index is 0.0561. The number of hydrogen-bond acceptors (Lipinski definition) is 8. The van der Waals surface area contributed by atoms with Crippen molar-refractivity contribution in [1.29, 1.82) is 0 Å². The van der Waals surface area contributed by atoms with E-state index >= 15 is 0 Å². The van der Waals surface area contributed by atoms with Gasteiger partial charge in [0.05, 0.1) is 30.4 Å². The molecular formula is C28H41N5O7S. The molecule has 226 valence electrons. The number of carbonyl (C=O) groups excluding carboxylic acids is 2. The number of aliphatic hydroxyl groups is 1. The maximum absolute atomic E-state index is 13.7. The first-order valence-electron chi connectivity index (χ1n) is 14.1. The van der Waals surface area contributed by atoms with Crippen LogP contribution in [0, 0.1) is 19.8 Å². The number of benzene rings is 1. The predicted octanol–water partition coefficient (Wildman–Crippen LogP) is 3.29. The summed E-state index contributed by atoms with van der Waals surface area (Å²) in [4.78, 5) is 29.8. The molecule has 0 radical (unpaired) electrons. The van der Waals surface area contributed by atoms with Gasteiger partial charge < -0.3 is 29.5 Å². The Morgan fingerprint density at radius 1 is 1.24 bits per heavy atom. The van der Waals surface area contributed by atoms with Crippen LogP contribution in [0.3, 0.4) is 0 Å². The third-order valence-corrected chi connectivity index (χ3v) is 9.51. The van der Waals surface area contributed by atoms with Crippen LogP contribution in [0.25, 0.3) is 0 Å². The Morgan fingerprint density at radius 2 is 1.95 bits per heavy atom. The number of aryl methyl sites for hydroxylation is 2. The summed E-state index contributed by atoms with van der Waals surface area (Å²) in [6.45, 7) is 6.91. The van der Waals surface area contributed by atoms with Crippen molar-refractivity contribution in [2.45, 2.75) is 82.9 Å². The van der Waals surface area contributed by atoms with Crippen molar-refractivity contribution < 1.29 is 32.4 Å². The average Bonchev–Trinajstić information content (AvgIpc) is 3.29. The number of ether oxygens (including phenoxy) is 1. The third-order valence-electron chi connectivity index (χ3n) is 7.91. The van der Waals surface area contributed by atoms with Gasteiger partial charge >= 0.3 is 6.03 Å². The molecule has 1 aliphatic carbocycles. The Morgan fingerprint density at radius 3 is 2.59 bits per heavy atom. The molecule has 1 aromatic heterocycles. The number of anilines is 1. The molecule has 4 rings (SSSR count). The van der Waals surface area contributed by atoms with Crippen LogP contribution in [0.15, 0.2) is 27.6 Å². The van der Waals surface area contributed by atoms with Gasteiger partial charge in [-0.3, -0.25) is 9.52 Å². The second kappa shape index (κ2) is 12.7. The van der Waals surface area contributed by atoms with E-state index < -0.39 is 28.1 Å². The molecule has 0 spiro atoms. The number of nitrogens with one attached hydrogen (secondary N) is 2. The maximum Gasteiger partial charge on any atom is 0.317 e. The number of sulfonamides is 1. The van der Waals surface area contributed by atoms with E-state index in [1.54, 1.807) is 35.9 Å². The Labute approximate surface area is 241 Å². The summed E-state index contributed by atoms with van der Waals surface area (Å²) in [5.74, 6) is -0.474. The van der Waals surface area contributed by atoms with E-state index in [1.165, 1.54) is 26.3 Å². The number of amides is 3. The SMILES string of the molecule is Cc1noc(C)c1S(=O)(=O)Nc1cccc2c1O[C@H](CN(C)C(=O)NC1CCCCC1)[C@H](C)CN([C@H](C)CO)C2=O. The number of aromatic nitrogens is 1. The van der Waals surface area contributed by atoms with E-state index in [9.17, 15) is 23.1 Å². The van der Waals surface area contributed by atoms with Gasteiger partial charge in [0, 0.05) is 25.6 Å². The molecule has 12 nitrogen and oxygen atoms in total. The lowest BCUT2D eigenvalue weighted by Crippen LogP contribution is -2.52. The Bertz CT molecular complexity index is 1340. The monoisotopic (exact) mass is 591 g/mol. The highest BCUT2D eigenvalue weighted by atomic mass is 32.2. The van der Waals surface area contributed by atoms with Crippen LogP contribution in [0.5, 0.6) is 5.75 Å². The number of likely N-dealkylation sites (N-methyl/N-ethyl adjacent to an activating group) is 1. The number of rotatable bonds is 8. The van der Waals surface area contributed by atoms with Gasteiger partial charge in [-0.2, -0.15) is 0 Å². The average molecular weight is 592 g/mol. The summed E-state index contributed by atoms with van der Waals surface area (Å²) < 4.78 is 40.8. The second-order valence-electron chi connectivity index (χ2n) is 11.2. The summed E-state index contributed by atoms with van der Waals surface area (Å²) in [6.07, 6.45) is 4.67. The van der Waals surface area contributed by atoms with E-state index in [1.807, 2.05) is 6.92 Å². The molecule has 3 atom stereocenters. The fourth-order valence-electron chi connectivity index (χ4n) is 5.48. The van der Waals surface area contributed by atoms with Crippen molar-refractivity contribution in [3.63, 3.8) is 0 Å². The highest BCUT2D eigenvalue weighted by Gasteiger charge is 2.36. The minimum atomic E-state index is -4.15. The van der Waals surface area contributed by atoms with Gasteiger partial charge in [0.1, 0.15) is 11.8 Å². The van der Waals surface area contributed by atoms with Crippen molar-refractivity contribution in [3.05, 3.63) is 35.2 Å². The number of para-hydroxylation sites is 1. The van der Waals surface area contributed by atoms with Gasteiger partial charge in [0.15, 0.2) is 16.4 Å². The standard InChI is InChI=1S/C28H41N5O7S/c1-17-14-33(18(2)16-34)27(35)22-12-9-13-23(31-41(37,38)26-19(3)30-40-20(26)4)25(22)39-24(17)15-32(5)28(36)29-21-10-7-6-8-11-21/h9,12-13,17-18,21,24,31,34H,6-8,10-11,14-16H2,1-5H3,(H,29,36)/t17-,18-,24-/m1/s1. The number of carbonyl (C=O) groups is 2. The fourth-order valence-corrected chi connectivity index (χ4v) is 6.87. The van der Waals surface area contributed by atoms with Gasteiger partial charge in [-0.05, 0) is 45.7 Å². The lowest BCUT2D eigenvalue weighted by molar-refractivity contribution is 0.0368. The highest BCUT2D eigenvalue weighted by molar-refractivity contribution is 7.92. The molecule has 2 aromatic rings. The number of nitrogens with zero attached hydrogens (tertiary/aromatic N) is 3. The molecule has 41 heavy (non-hydrogen) atoms. The molecule has 2 aliphatic rings. The first kappa shape index (κ1) is 30.6. The fraction of sp³-hybridized carbons (Fsp3) is 0.607. The molecule has 0 saturated heterocycles. The summed E-state index contributed by atoms with van der Waals surface area (Å²) >= 11 is 0. The quantitative estimate of drug-likeness (QED) is 0.423. The van der Waals surface area contributed by atoms with Crippen molar-refractivity contribution in [2.24, 2.45) is 5.92 Å². The Hall–Kier alpha value is -3.32. The van der Waals surface area contributed by atoms with Gasteiger partial charge in [0.25, 0.3) is 15.9 Å². The van der Waals surface area contributed by atoms with Gasteiger partial charge in [0.2, 0.25) is 0 Å². The molecular weight excluding hydrogens is 550 g/mol. The molecule has 1 aromatic carbocycles. The number of urea groups is 1. The van der Waals surface area contributed by atoms with Crippen molar-refractivity contribution >= 4 is 27.6 Å². The zero-order valence-corrected chi connectivity index (χ0v) is 25.2. The van der Waals surface area contributed by atoms with Crippen molar-refractivity contribution in [2.75, 3.05) is 31.5 Å². The molecule has 1 fully saturated rings. The molecule has 13 heteroatoms. The highest BCUT2D eigenvalue weighted by Crippen LogP contribution is 2.36. The van der Waals surface area contributed by atoms with Crippen molar-refractivity contribution in [3.8, 4) is 5.75 Å². The summed E-state index contributed by atoms with van der Waals surface area (Å²) in [5.41, 5.74) is 0.419. The van der Waals surface area contributed by atoms with E-state index in [2.05, 4.69) is 15.2 Å². The first-order chi connectivity index (χ1) is 19.4. The van der Waals surface area contributed by atoms with E-state index in [4.69, 9.17) is 9.26 Å². The van der Waals surface area contributed by atoms with Crippen LogP contribution in [-0.2, 0) is 10.0 Å². The summed E-state index contributed by atoms with van der Waals surface area (Å²) in [5, 5.41) is 16.8. The molecule has 0 unspecified atom stereocenters. The lowest BCUT2D eigenvalue weighted by Gasteiger charge is -2.38. The number of hydrogen-bond donors (Lipinski definition) is 3. The van der Waals surface area contributed by atoms with Gasteiger partial charge in [-0.15, -0.1) is 0 Å². The Kier molecular flexibility index (Phi) is 9.48. The van der Waals surface area contributed by atoms with Crippen LogP contribution in [0.4, 0.5) is 10.5 Å². The first-order valence-corrected chi connectivity index (χ1v) is 15.6. The van der Waals surface area contributed by atoms with Crippen LogP contribution < -0.4 is 14.8 Å². The normalized spacial score (nSPS) is 20.8. The summed E-state index contributed by atoms with van der Waals surface area (Å²) in [6, 6.07) is 4.08. The number of fused-ring (bicyclic) bond motifs is 1. The second-order valence-corrected chi connectivity index (χ2v) is 12.8.